The van der Waals surface area contributed by atoms with E-state index in [1.807, 2.05) is 42.6 Å². The first-order chi connectivity index (χ1) is 15.3. The molecule has 6 nitrogen and oxygen atoms in total. The molecule has 0 aliphatic heterocycles. The van der Waals surface area contributed by atoms with Crippen LogP contribution in [0.1, 0.15) is 50.5 Å². The smallest absolute Gasteiger partial charge is 0.234 e. The molecule has 2 atom stereocenters. The van der Waals surface area contributed by atoms with Gasteiger partial charge in [-0.25, -0.2) is 4.39 Å². The first-order valence-corrected chi connectivity index (χ1v) is 11.7. The highest BCUT2D eigenvalue weighted by atomic mass is 32.2. The summed E-state index contributed by atoms with van der Waals surface area (Å²) in [6.07, 6.45) is 1.07. The van der Waals surface area contributed by atoms with E-state index in [1.54, 1.807) is 12.1 Å². The highest BCUT2D eigenvalue weighted by molar-refractivity contribution is 7.99. The van der Waals surface area contributed by atoms with Gasteiger partial charge in [-0.1, -0.05) is 37.7 Å². The maximum absolute atomic E-state index is 13.5. The summed E-state index contributed by atoms with van der Waals surface area (Å²) in [5, 5.41) is 12.2. The molecule has 3 aromatic rings. The van der Waals surface area contributed by atoms with Crippen molar-refractivity contribution < 1.29 is 9.18 Å². The zero-order valence-corrected chi connectivity index (χ0v) is 20.0. The normalized spacial score (nSPS) is 13.2. The molecule has 1 aromatic heterocycles. The van der Waals surface area contributed by atoms with Crippen molar-refractivity contribution in [2.45, 2.75) is 44.3 Å². The molecule has 3 rings (SSSR count). The lowest BCUT2D eigenvalue weighted by atomic mass is 9.99. The third-order valence-electron chi connectivity index (χ3n) is 5.60. The number of halogens is 1. The summed E-state index contributed by atoms with van der Waals surface area (Å²) in [6, 6.07) is 14.1. The van der Waals surface area contributed by atoms with Crippen molar-refractivity contribution in [1.82, 2.24) is 19.7 Å². The Balaban J connectivity index is 1.74. The average Bonchev–Trinajstić information content (AvgIpc) is 3.21. The van der Waals surface area contributed by atoms with Gasteiger partial charge in [0.2, 0.25) is 5.91 Å². The predicted octanol–water partition coefficient (Wildman–Crippen LogP) is 5.27. The van der Waals surface area contributed by atoms with Crippen LogP contribution in [0.5, 0.6) is 0 Å². The second-order valence-electron chi connectivity index (χ2n) is 8.06. The first-order valence-electron chi connectivity index (χ1n) is 10.7. The molecular weight excluding hydrogens is 425 g/mol. The molecule has 0 unspecified atom stereocenters. The topological polar surface area (TPSA) is 63.1 Å². The molecule has 0 fully saturated rings. The second-order valence-corrected chi connectivity index (χ2v) is 9.00. The number of carbonyl (C=O) groups excluding carboxylic acids is 1. The fourth-order valence-corrected chi connectivity index (χ4v) is 3.93. The number of anilines is 1. The van der Waals surface area contributed by atoms with E-state index in [-0.39, 0.29) is 23.5 Å². The van der Waals surface area contributed by atoms with E-state index >= 15 is 0 Å². The van der Waals surface area contributed by atoms with Crippen molar-refractivity contribution >= 4 is 23.4 Å². The number of hydrogen-bond acceptors (Lipinski definition) is 5. The number of rotatable bonds is 9. The number of benzene rings is 2. The number of thioether (sulfide) groups is 1. The third-order valence-corrected chi connectivity index (χ3v) is 6.53. The van der Waals surface area contributed by atoms with Crippen LogP contribution in [0.2, 0.25) is 0 Å². The Morgan fingerprint density at radius 3 is 2.34 bits per heavy atom. The van der Waals surface area contributed by atoms with E-state index in [0.29, 0.717) is 11.1 Å². The molecule has 0 aliphatic carbocycles. The van der Waals surface area contributed by atoms with Gasteiger partial charge in [0.1, 0.15) is 5.82 Å². The van der Waals surface area contributed by atoms with Crippen molar-refractivity contribution in [3.05, 3.63) is 65.7 Å². The van der Waals surface area contributed by atoms with Crippen molar-refractivity contribution in [3.63, 3.8) is 0 Å². The molecule has 1 amide bonds. The predicted molar refractivity (Wildman–Crippen MR) is 128 cm³/mol. The van der Waals surface area contributed by atoms with Crippen molar-refractivity contribution in [1.29, 1.82) is 0 Å². The summed E-state index contributed by atoms with van der Waals surface area (Å²) in [4.78, 5) is 14.6. The third kappa shape index (κ3) is 5.75. The summed E-state index contributed by atoms with van der Waals surface area (Å²) in [6.45, 7) is 6.37. The quantitative estimate of drug-likeness (QED) is 0.445. The Morgan fingerprint density at radius 2 is 1.75 bits per heavy atom. The number of nitrogens with one attached hydrogen (secondary N) is 1. The fraction of sp³-hybridized carbons (Fsp3) is 0.375. The van der Waals surface area contributed by atoms with Crippen LogP contribution in [0.25, 0.3) is 5.69 Å². The summed E-state index contributed by atoms with van der Waals surface area (Å²) in [5.74, 6) is 0.971. The zero-order valence-electron chi connectivity index (χ0n) is 19.2. The molecular formula is C24H30FN5OS. The highest BCUT2D eigenvalue weighted by Crippen LogP contribution is 2.27. The van der Waals surface area contributed by atoms with Gasteiger partial charge < -0.3 is 5.32 Å². The van der Waals surface area contributed by atoms with Crippen LogP contribution in [0.3, 0.4) is 0 Å². The van der Waals surface area contributed by atoms with Gasteiger partial charge >= 0.3 is 0 Å². The van der Waals surface area contributed by atoms with Gasteiger partial charge in [-0.2, -0.15) is 0 Å². The molecule has 0 aliphatic rings. The number of nitrogens with zero attached hydrogens (tertiary/aromatic N) is 4. The summed E-state index contributed by atoms with van der Waals surface area (Å²) >= 11 is 1.30. The van der Waals surface area contributed by atoms with Crippen LogP contribution in [0, 0.1) is 5.82 Å². The molecule has 0 bridgehead atoms. The van der Waals surface area contributed by atoms with Gasteiger partial charge in [-0.3, -0.25) is 14.3 Å². The van der Waals surface area contributed by atoms with Gasteiger partial charge in [0.15, 0.2) is 11.0 Å². The van der Waals surface area contributed by atoms with Crippen LogP contribution in [0.15, 0.2) is 53.7 Å². The first kappa shape index (κ1) is 23.9. The standard InChI is InChI=1S/C24H30FN5OS/c1-6-16(2)18-7-11-20(12-8-18)26-22(31)15-32-24-28-27-23(17(3)29(4)5)30(24)21-13-9-19(25)10-14-21/h7-14,16-17H,6,15H2,1-5H3,(H,26,31)/t16-,17+/m0/s1. The van der Waals surface area contributed by atoms with Crippen LogP contribution >= 0.6 is 11.8 Å². The Bertz CT molecular complexity index is 1030. The second kappa shape index (κ2) is 10.7. The zero-order chi connectivity index (χ0) is 23.3. The van der Waals surface area contributed by atoms with Gasteiger partial charge in [0.25, 0.3) is 0 Å². The van der Waals surface area contributed by atoms with Crippen LogP contribution in [0.4, 0.5) is 10.1 Å². The Labute approximate surface area is 193 Å². The molecule has 2 aromatic carbocycles. The van der Waals surface area contributed by atoms with E-state index in [1.165, 1.54) is 29.5 Å². The average molecular weight is 456 g/mol. The molecule has 1 N–H and O–H groups in total. The molecule has 0 spiro atoms. The van der Waals surface area contributed by atoms with Crippen molar-refractivity contribution in [2.75, 3.05) is 25.2 Å². The summed E-state index contributed by atoms with van der Waals surface area (Å²) in [7, 11) is 3.92. The fourth-order valence-electron chi connectivity index (χ4n) is 3.17. The number of aromatic nitrogens is 3. The van der Waals surface area contributed by atoms with Crippen molar-refractivity contribution in [2.24, 2.45) is 0 Å². The van der Waals surface area contributed by atoms with Crippen LogP contribution < -0.4 is 5.32 Å². The summed E-state index contributed by atoms with van der Waals surface area (Å²) < 4.78 is 15.3. The lowest BCUT2D eigenvalue weighted by Gasteiger charge is -2.20. The number of carbonyl (C=O) groups is 1. The Kier molecular flexibility index (Phi) is 8.04. The maximum Gasteiger partial charge on any atom is 0.234 e. The minimum atomic E-state index is -0.308. The van der Waals surface area contributed by atoms with E-state index < -0.39 is 0 Å². The lowest BCUT2D eigenvalue weighted by molar-refractivity contribution is -0.113. The number of amides is 1. The SMILES string of the molecule is CC[C@H](C)c1ccc(NC(=O)CSc2nnc([C@@H](C)N(C)C)n2-c2ccc(F)cc2)cc1. The van der Waals surface area contributed by atoms with E-state index in [0.717, 1.165) is 23.6 Å². The molecule has 8 heteroatoms. The lowest BCUT2D eigenvalue weighted by Crippen LogP contribution is -2.21. The van der Waals surface area contributed by atoms with Crippen molar-refractivity contribution in [3.8, 4) is 5.69 Å². The maximum atomic E-state index is 13.5. The minimum Gasteiger partial charge on any atom is -0.325 e. The Morgan fingerprint density at radius 1 is 1.09 bits per heavy atom. The molecule has 0 radical (unpaired) electrons. The van der Waals surface area contributed by atoms with Crippen LogP contribution in [-0.2, 0) is 4.79 Å². The molecule has 1 heterocycles. The minimum absolute atomic E-state index is 0.0141. The molecule has 0 saturated heterocycles. The molecule has 170 valence electrons. The summed E-state index contributed by atoms with van der Waals surface area (Å²) in [5.41, 5.74) is 2.78. The molecule has 32 heavy (non-hydrogen) atoms. The number of hydrogen-bond donors (Lipinski definition) is 1. The van der Waals surface area contributed by atoms with Crippen LogP contribution in [-0.4, -0.2) is 45.4 Å². The van der Waals surface area contributed by atoms with Gasteiger partial charge in [0.05, 0.1) is 11.8 Å². The monoisotopic (exact) mass is 455 g/mol. The van der Waals surface area contributed by atoms with Gasteiger partial charge in [-0.15, -0.1) is 10.2 Å². The highest BCUT2D eigenvalue weighted by Gasteiger charge is 2.21. The largest absolute Gasteiger partial charge is 0.325 e. The van der Waals surface area contributed by atoms with E-state index in [2.05, 4.69) is 41.5 Å². The van der Waals surface area contributed by atoms with E-state index in [4.69, 9.17) is 0 Å². The van der Waals surface area contributed by atoms with Gasteiger partial charge in [-0.05, 0) is 75.3 Å². The van der Waals surface area contributed by atoms with E-state index in [9.17, 15) is 9.18 Å². The van der Waals surface area contributed by atoms with Gasteiger partial charge in [0, 0.05) is 11.4 Å². The molecule has 0 saturated carbocycles. The Hall–Kier alpha value is -2.71.